The molecule has 90 valence electrons. The number of nitrogens with two attached hydrogens (primary N) is 1. The van der Waals surface area contributed by atoms with Crippen LogP contribution in [0.15, 0.2) is 28.7 Å². The lowest BCUT2D eigenvalue weighted by Crippen LogP contribution is -2.12. The van der Waals surface area contributed by atoms with Gasteiger partial charge in [-0.1, -0.05) is 24.4 Å². The van der Waals surface area contributed by atoms with E-state index < -0.39 is 13.0 Å². The third-order valence-electron chi connectivity index (χ3n) is 2.13. The van der Waals surface area contributed by atoms with Crippen LogP contribution in [0.1, 0.15) is 5.76 Å². The molecule has 2 rings (SSSR count). The van der Waals surface area contributed by atoms with Crippen molar-refractivity contribution in [1.82, 2.24) is 0 Å². The van der Waals surface area contributed by atoms with Gasteiger partial charge in [0.2, 0.25) is 5.76 Å². The fourth-order valence-corrected chi connectivity index (χ4v) is 1.61. The molecule has 1 aromatic carbocycles. The molecule has 6 heteroatoms. The van der Waals surface area contributed by atoms with E-state index in [-0.39, 0.29) is 16.5 Å². The van der Waals surface area contributed by atoms with Crippen LogP contribution >= 0.6 is 12.2 Å². The summed E-state index contributed by atoms with van der Waals surface area (Å²) in [5.41, 5.74) is 5.95. The van der Waals surface area contributed by atoms with Crippen molar-refractivity contribution in [1.29, 1.82) is 0 Å². The van der Waals surface area contributed by atoms with Crippen LogP contribution in [0.3, 0.4) is 0 Å². The largest absolute Gasteiger partial charge is 0.483 e. The normalized spacial score (nSPS) is 11.0. The molecular weight excluding hydrogens is 248 g/mol. The van der Waals surface area contributed by atoms with Gasteiger partial charge in [-0.2, -0.15) is 0 Å². The van der Waals surface area contributed by atoms with Gasteiger partial charge in [0.1, 0.15) is 17.2 Å². The van der Waals surface area contributed by atoms with Crippen molar-refractivity contribution in [2.24, 2.45) is 5.73 Å². The van der Waals surface area contributed by atoms with Gasteiger partial charge in [0.15, 0.2) is 5.75 Å². The van der Waals surface area contributed by atoms with E-state index in [2.05, 4.69) is 0 Å². The van der Waals surface area contributed by atoms with E-state index in [0.717, 1.165) is 0 Å². The fourth-order valence-electron chi connectivity index (χ4n) is 1.47. The first kappa shape index (κ1) is 11.8. The molecule has 1 heterocycles. The molecule has 2 aromatic rings. The van der Waals surface area contributed by atoms with Crippen LogP contribution in [0.2, 0.25) is 0 Å². The highest BCUT2D eigenvalue weighted by molar-refractivity contribution is 7.80. The van der Waals surface area contributed by atoms with Crippen LogP contribution in [0.25, 0.3) is 11.0 Å². The van der Waals surface area contributed by atoms with Crippen LogP contribution in [-0.2, 0) is 0 Å². The zero-order valence-corrected chi connectivity index (χ0v) is 9.47. The number of thiocarbonyl (C=S) groups is 1. The van der Waals surface area contributed by atoms with Gasteiger partial charge in [0.05, 0.1) is 5.39 Å². The second-order valence-electron chi connectivity index (χ2n) is 3.32. The molecular formula is C11H9F2NO2S. The highest BCUT2D eigenvalue weighted by atomic mass is 32.1. The smallest absolute Gasteiger partial charge is 0.272 e. The number of para-hydroxylation sites is 1. The van der Waals surface area contributed by atoms with Crippen molar-refractivity contribution in [3.05, 3.63) is 30.0 Å². The van der Waals surface area contributed by atoms with E-state index in [1.807, 2.05) is 0 Å². The molecule has 17 heavy (non-hydrogen) atoms. The molecule has 0 spiro atoms. The first-order valence-electron chi connectivity index (χ1n) is 4.82. The number of furan rings is 1. The Hall–Kier alpha value is -1.69. The topological polar surface area (TPSA) is 48.4 Å². The van der Waals surface area contributed by atoms with Gasteiger partial charge in [-0.15, -0.1) is 0 Å². The number of halogens is 2. The average Bonchev–Trinajstić information content (AvgIpc) is 2.65. The summed E-state index contributed by atoms with van der Waals surface area (Å²) in [4.78, 5) is -0.0227. The summed E-state index contributed by atoms with van der Waals surface area (Å²) in [5.74, 6) is 0.301. The Morgan fingerprint density at radius 3 is 2.76 bits per heavy atom. The second-order valence-corrected chi connectivity index (χ2v) is 3.76. The average molecular weight is 257 g/mol. The van der Waals surface area contributed by atoms with E-state index in [4.69, 9.17) is 27.1 Å². The van der Waals surface area contributed by atoms with E-state index >= 15 is 0 Å². The van der Waals surface area contributed by atoms with Crippen molar-refractivity contribution in [2.75, 3.05) is 6.61 Å². The SMILES string of the molecule is NC(=S)c1oc2ccccc2c1OCC(F)F. The Kier molecular flexibility index (Phi) is 3.23. The Bertz CT molecular complexity index is 553. The predicted molar refractivity (Wildman–Crippen MR) is 63.6 cm³/mol. The Morgan fingerprint density at radius 2 is 2.12 bits per heavy atom. The fraction of sp³-hybridized carbons (Fsp3) is 0.182. The van der Waals surface area contributed by atoms with Crippen molar-refractivity contribution in [3.63, 3.8) is 0 Å². The van der Waals surface area contributed by atoms with Gasteiger partial charge in [-0.05, 0) is 12.1 Å². The van der Waals surface area contributed by atoms with Crippen LogP contribution < -0.4 is 10.5 Å². The van der Waals surface area contributed by atoms with Gasteiger partial charge in [0.25, 0.3) is 6.43 Å². The van der Waals surface area contributed by atoms with Gasteiger partial charge >= 0.3 is 0 Å². The number of alkyl halides is 2. The third-order valence-corrected chi connectivity index (χ3v) is 2.31. The minimum atomic E-state index is -2.57. The van der Waals surface area contributed by atoms with E-state index in [0.29, 0.717) is 11.0 Å². The molecule has 0 saturated carbocycles. The second kappa shape index (κ2) is 4.67. The molecule has 0 bridgehead atoms. The summed E-state index contributed by atoms with van der Waals surface area (Å²) in [7, 11) is 0. The van der Waals surface area contributed by atoms with Crippen LogP contribution in [0.5, 0.6) is 5.75 Å². The van der Waals surface area contributed by atoms with Crippen molar-refractivity contribution < 1.29 is 17.9 Å². The van der Waals surface area contributed by atoms with Gasteiger partial charge in [-0.25, -0.2) is 8.78 Å². The molecule has 0 aliphatic heterocycles. The third kappa shape index (κ3) is 2.36. The first-order chi connectivity index (χ1) is 8.09. The van der Waals surface area contributed by atoms with Crippen molar-refractivity contribution >= 4 is 28.2 Å². The summed E-state index contributed by atoms with van der Waals surface area (Å²) >= 11 is 4.79. The number of hydrogen-bond donors (Lipinski definition) is 1. The molecule has 0 amide bonds. The zero-order chi connectivity index (χ0) is 12.4. The molecule has 0 radical (unpaired) electrons. The molecule has 0 atom stereocenters. The maximum absolute atomic E-state index is 12.1. The highest BCUT2D eigenvalue weighted by Gasteiger charge is 2.18. The number of rotatable bonds is 4. The number of fused-ring (bicyclic) bond motifs is 1. The molecule has 0 unspecified atom stereocenters. The lowest BCUT2D eigenvalue weighted by molar-refractivity contribution is 0.0821. The van der Waals surface area contributed by atoms with Crippen molar-refractivity contribution in [2.45, 2.75) is 6.43 Å². The first-order valence-corrected chi connectivity index (χ1v) is 5.22. The minimum Gasteiger partial charge on any atom is -0.483 e. The summed E-state index contributed by atoms with van der Waals surface area (Å²) in [6.07, 6.45) is -2.57. The summed E-state index contributed by atoms with van der Waals surface area (Å²) in [6.45, 7) is -0.723. The van der Waals surface area contributed by atoms with E-state index in [1.165, 1.54) is 0 Å². The lowest BCUT2D eigenvalue weighted by atomic mass is 10.2. The summed E-state index contributed by atoms with van der Waals surface area (Å²) < 4.78 is 34.6. The van der Waals surface area contributed by atoms with Crippen molar-refractivity contribution in [3.8, 4) is 5.75 Å². The van der Waals surface area contributed by atoms with Gasteiger partial charge < -0.3 is 14.9 Å². The summed E-state index contributed by atoms with van der Waals surface area (Å²) in [5, 5.41) is 0.580. The predicted octanol–water partition coefficient (Wildman–Crippen LogP) is 2.71. The maximum Gasteiger partial charge on any atom is 0.272 e. The summed E-state index contributed by atoms with van der Waals surface area (Å²) in [6, 6.07) is 6.89. The Balaban J connectivity index is 2.48. The van der Waals surface area contributed by atoms with Crippen LogP contribution in [0, 0.1) is 0 Å². The van der Waals surface area contributed by atoms with Crippen LogP contribution in [-0.4, -0.2) is 18.0 Å². The van der Waals surface area contributed by atoms with Crippen LogP contribution in [0.4, 0.5) is 8.78 Å². The minimum absolute atomic E-state index is 0.0227. The standard InChI is InChI=1S/C11H9F2NO2S/c12-8(13)5-15-9-6-3-1-2-4-7(6)16-10(9)11(14)17/h1-4,8H,5H2,(H2,14,17). The molecule has 1 aromatic heterocycles. The molecule has 0 fully saturated rings. The Morgan fingerprint density at radius 1 is 1.41 bits per heavy atom. The highest BCUT2D eigenvalue weighted by Crippen LogP contribution is 2.33. The molecule has 0 aliphatic carbocycles. The van der Waals surface area contributed by atoms with Gasteiger partial charge in [0, 0.05) is 0 Å². The maximum atomic E-state index is 12.1. The molecule has 3 nitrogen and oxygen atoms in total. The zero-order valence-electron chi connectivity index (χ0n) is 8.65. The van der Waals surface area contributed by atoms with Gasteiger partial charge in [-0.3, -0.25) is 0 Å². The lowest BCUT2D eigenvalue weighted by Gasteiger charge is -2.04. The quantitative estimate of drug-likeness (QED) is 0.855. The molecule has 0 aliphatic rings. The monoisotopic (exact) mass is 257 g/mol. The molecule has 0 saturated heterocycles. The number of benzene rings is 1. The number of hydrogen-bond acceptors (Lipinski definition) is 3. The van der Waals surface area contributed by atoms with E-state index in [9.17, 15) is 8.78 Å². The Labute approximate surface area is 101 Å². The number of ether oxygens (including phenoxy) is 1. The molecule has 2 N–H and O–H groups in total. The van der Waals surface area contributed by atoms with E-state index in [1.54, 1.807) is 24.3 Å².